The fourth-order valence-corrected chi connectivity index (χ4v) is 1.92. The van der Waals surface area contributed by atoms with Crippen molar-refractivity contribution in [2.45, 2.75) is 31.7 Å². The smallest absolute Gasteiger partial charge is 0.326 e. The van der Waals surface area contributed by atoms with Crippen molar-refractivity contribution in [3.05, 3.63) is 5.53 Å². The van der Waals surface area contributed by atoms with E-state index >= 15 is 0 Å². The van der Waals surface area contributed by atoms with Gasteiger partial charge in [0.25, 0.3) is 0 Å². The van der Waals surface area contributed by atoms with Gasteiger partial charge in [0, 0.05) is 25.6 Å². The molecule has 8 heteroatoms. The summed E-state index contributed by atoms with van der Waals surface area (Å²) in [5.41, 5.74) is 8.18. The maximum atomic E-state index is 11.9. The third-order valence-electron chi connectivity index (χ3n) is 3.09. The number of carbonyl (C=O) groups excluding carboxylic acids is 2. The second kappa shape index (κ2) is 8.19. The molecule has 0 spiro atoms. The summed E-state index contributed by atoms with van der Waals surface area (Å²) in [6, 6.07) is -1.12. The lowest BCUT2D eigenvalue weighted by Gasteiger charge is -2.23. The molecule has 20 heavy (non-hydrogen) atoms. The predicted molar refractivity (Wildman–Crippen MR) is 67.0 cm³/mol. The molecule has 0 aromatic carbocycles. The Morgan fingerprint density at radius 3 is 2.60 bits per heavy atom. The molecule has 0 saturated carbocycles. The quantitative estimate of drug-likeness (QED) is 0.374. The number of nitrogens with one attached hydrogen (secondary N) is 1. The molecule has 0 aromatic rings. The lowest BCUT2D eigenvalue weighted by atomic mass is 9.98. The molecule has 0 aromatic heterocycles. The van der Waals surface area contributed by atoms with E-state index in [-0.39, 0.29) is 24.7 Å². The molecule has 0 bridgehead atoms. The normalized spacial score (nSPS) is 16.8. The first kappa shape index (κ1) is 16.0. The molecule has 110 valence electrons. The summed E-state index contributed by atoms with van der Waals surface area (Å²) in [5, 5.41) is 11.5. The number of Topliss-reactive ketones (excluding diaryl/α,β-unsaturated/α-hetero) is 1. The highest BCUT2D eigenvalue weighted by Crippen LogP contribution is 2.15. The van der Waals surface area contributed by atoms with Crippen LogP contribution in [0.5, 0.6) is 0 Å². The van der Waals surface area contributed by atoms with Gasteiger partial charge in [-0.15, -0.1) is 0 Å². The number of nitrogens with zero attached hydrogens (tertiary/aromatic N) is 2. The van der Waals surface area contributed by atoms with E-state index in [1.165, 1.54) is 0 Å². The van der Waals surface area contributed by atoms with Crippen LogP contribution in [0.25, 0.3) is 5.53 Å². The number of ether oxygens (including phenoxy) is 1. The second-order valence-corrected chi connectivity index (χ2v) is 4.54. The van der Waals surface area contributed by atoms with E-state index in [1.54, 1.807) is 0 Å². The standard InChI is InChI=1S/C12H17N3O5/c13-14-7-9(16)1-2-10(12(18)19)15-11(17)8-3-5-20-6-4-8/h7-8,10H,1-6H2,(H,15,17)(H,18,19)/t10-/m0/s1. The summed E-state index contributed by atoms with van der Waals surface area (Å²) in [7, 11) is 0. The topological polar surface area (TPSA) is 129 Å². The van der Waals surface area contributed by atoms with Crippen LogP contribution in [0.1, 0.15) is 25.7 Å². The van der Waals surface area contributed by atoms with E-state index in [2.05, 4.69) is 10.1 Å². The van der Waals surface area contributed by atoms with Gasteiger partial charge in [-0.05, 0) is 19.3 Å². The van der Waals surface area contributed by atoms with Crippen molar-refractivity contribution < 1.29 is 29.0 Å². The summed E-state index contributed by atoms with van der Waals surface area (Å²) >= 11 is 0. The minimum atomic E-state index is -1.20. The molecule has 1 rings (SSSR count). The number of carboxylic acids is 1. The van der Waals surface area contributed by atoms with Crippen LogP contribution in [0, 0.1) is 5.92 Å². The molecule has 1 aliphatic heterocycles. The molecule has 8 nitrogen and oxygen atoms in total. The highest BCUT2D eigenvalue weighted by atomic mass is 16.5. The van der Waals surface area contributed by atoms with Gasteiger partial charge in [0.1, 0.15) is 6.04 Å². The minimum Gasteiger partial charge on any atom is -0.480 e. The van der Waals surface area contributed by atoms with Gasteiger partial charge < -0.3 is 20.7 Å². The Labute approximate surface area is 115 Å². The fourth-order valence-electron chi connectivity index (χ4n) is 1.92. The fraction of sp³-hybridized carbons (Fsp3) is 0.667. The van der Waals surface area contributed by atoms with Crippen LogP contribution < -0.4 is 5.32 Å². The van der Waals surface area contributed by atoms with Crippen LogP contribution >= 0.6 is 0 Å². The summed E-state index contributed by atoms with van der Waals surface area (Å²) in [5.74, 6) is -2.28. The Balaban J connectivity index is 2.49. The van der Waals surface area contributed by atoms with Crippen molar-refractivity contribution in [2.75, 3.05) is 13.2 Å². The first-order chi connectivity index (χ1) is 9.54. The number of hydrogen-bond acceptors (Lipinski definition) is 4. The van der Waals surface area contributed by atoms with Crippen molar-refractivity contribution in [3.8, 4) is 0 Å². The van der Waals surface area contributed by atoms with Crippen LogP contribution in [-0.4, -0.2) is 53.0 Å². The van der Waals surface area contributed by atoms with Crippen molar-refractivity contribution in [3.63, 3.8) is 0 Å². The number of carboxylic acid groups (broad SMARTS) is 1. The van der Waals surface area contributed by atoms with Gasteiger partial charge in [0.05, 0.1) is 0 Å². The maximum Gasteiger partial charge on any atom is 0.326 e. The van der Waals surface area contributed by atoms with Crippen LogP contribution in [0.2, 0.25) is 0 Å². The SMILES string of the molecule is [N-]=[N+]=CC(=O)CC[C@H](NC(=O)C1CCOCC1)C(=O)O. The lowest BCUT2D eigenvalue weighted by molar-refractivity contribution is -0.143. The number of rotatable bonds is 7. The molecule has 1 heterocycles. The van der Waals surface area contributed by atoms with E-state index < -0.39 is 17.8 Å². The molecular weight excluding hydrogens is 266 g/mol. The van der Waals surface area contributed by atoms with Crippen LogP contribution in [0.15, 0.2) is 0 Å². The summed E-state index contributed by atoms with van der Waals surface area (Å²) in [6.07, 6.45) is 1.67. The number of hydrogen-bond donors (Lipinski definition) is 2. The molecule has 1 fully saturated rings. The van der Waals surface area contributed by atoms with Crippen molar-refractivity contribution >= 4 is 23.9 Å². The zero-order valence-corrected chi connectivity index (χ0v) is 10.9. The van der Waals surface area contributed by atoms with Gasteiger partial charge in [0.15, 0.2) is 0 Å². The highest BCUT2D eigenvalue weighted by molar-refractivity contribution is 6.25. The lowest BCUT2D eigenvalue weighted by Crippen LogP contribution is -2.45. The Kier molecular flexibility index (Phi) is 6.55. The second-order valence-electron chi connectivity index (χ2n) is 4.54. The van der Waals surface area contributed by atoms with Crippen molar-refractivity contribution in [1.82, 2.24) is 5.32 Å². The van der Waals surface area contributed by atoms with E-state index in [0.29, 0.717) is 32.3 Å². The predicted octanol–water partition coefficient (Wildman–Crippen LogP) is -0.368. The summed E-state index contributed by atoms with van der Waals surface area (Å²) < 4.78 is 5.13. The van der Waals surface area contributed by atoms with Gasteiger partial charge >= 0.3 is 12.2 Å². The summed E-state index contributed by atoms with van der Waals surface area (Å²) in [6.45, 7) is 0.975. The first-order valence-electron chi connectivity index (χ1n) is 6.35. The van der Waals surface area contributed by atoms with Crippen molar-refractivity contribution in [2.24, 2.45) is 5.92 Å². The van der Waals surface area contributed by atoms with Crippen LogP contribution in [0.3, 0.4) is 0 Å². The van der Waals surface area contributed by atoms with Gasteiger partial charge in [-0.1, -0.05) is 0 Å². The van der Waals surface area contributed by atoms with Crippen molar-refractivity contribution in [1.29, 1.82) is 0 Å². The molecular formula is C12H17N3O5. The van der Waals surface area contributed by atoms with Gasteiger partial charge in [0.2, 0.25) is 11.7 Å². The average Bonchev–Trinajstić information content (AvgIpc) is 2.44. The number of amides is 1. The molecule has 0 aliphatic carbocycles. The third kappa shape index (κ3) is 5.29. The number of aliphatic carboxylic acids is 1. The Bertz CT molecular complexity index is 425. The maximum absolute atomic E-state index is 11.9. The Hall–Kier alpha value is -2.05. The molecule has 1 atom stereocenters. The minimum absolute atomic E-state index is 0.0465. The molecule has 0 unspecified atom stereocenters. The number of carbonyl (C=O) groups is 3. The third-order valence-corrected chi connectivity index (χ3v) is 3.09. The average molecular weight is 283 g/mol. The largest absolute Gasteiger partial charge is 0.480 e. The van der Waals surface area contributed by atoms with E-state index in [4.69, 9.17) is 15.4 Å². The van der Waals surface area contributed by atoms with Gasteiger partial charge in [-0.3, -0.25) is 9.59 Å². The molecule has 1 saturated heterocycles. The number of ketones is 1. The zero-order valence-electron chi connectivity index (χ0n) is 10.9. The summed E-state index contributed by atoms with van der Waals surface area (Å²) in [4.78, 5) is 36.7. The van der Waals surface area contributed by atoms with Crippen LogP contribution in [0.4, 0.5) is 0 Å². The van der Waals surface area contributed by atoms with Crippen LogP contribution in [-0.2, 0) is 19.1 Å². The highest BCUT2D eigenvalue weighted by Gasteiger charge is 2.27. The van der Waals surface area contributed by atoms with E-state index in [0.717, 1.165) is 0 Å². The Morgan fingerprint density at radius 2 is 2.05 bits per heavy atom. The van der Waals surface area contributed by atoms with E-state index in [1.807, 2.05) is 0 Å². The van der Waals surface area contributed by atoms with Gasteiger partial charge in [-0.25, -0.2) is 4.79 Å². The molecule has 2 N–H and O–H groups in total. The van der Waals surface area contributed by atoms with E-state index in [9.17, 15) is 14.4 Å². The zero-order chi connectivity index (χ0) is 15.0. The Morgan fingerprint density at radius 1 is 1.40 bits per heavy atom. The molecule has 1 aliphatic rings. The first-order valence-corrected chi connectivity index (χ1v) is 6.35. The monoisotopic (exact) mass is 283 g/mol. The molecule has 1 amide bonds. The molecule has 0 radical (unpaired) electrons. The van der Waals surface area contributed by atoms with Gasteiger partial charge in [-0.2, -0.15) is 4.79 Å².